The standard InChI is InChI=1S/C21H21N3O4S/c1-23(2)18(19-9-6-12-28-19)14-22-21(25)15-10-11-20(17(13-15)24(26)27)29-16-7-4-3-5-8-16/h3-13,18H,14H2,1-2H3,(H,22,25)/p+1/t18-/m1/s1. The second kappa shape index (κ2) is 9.40. The second-order valence-electron chi connectivity index (χ2n) is 6.71. The lowest BCUT2D eigenvalue weighted by Crippen LogP contribution is -3.07. The molecule has 0 bridgehead atoms. The SMILES string of the molecule is C[NH+](C)[C@H](CNC(=O)c1ccc(Sc2ccccc2)c([N+](=O)[O-])c1)c1ccco1. The van der Waals surface area contributed by atoms with E-state index in [2.05, 4.69) is 5.32 Å². The number of hydrogen-bond acceptors (Lipinski definition) is 5. The zero-order chi connectivity index (χ0) is 20.8. The number of amides is 1. The first-order valence-corrected chi connectivity index (χ1v) is 9.90. The quantitative estimate of drug-likeness (QED) is 0.439. The molecule has 3 aromatic rings. The van der Waals surface area contributed by atoms with Crippen LogP contribution in [0, 0.1) is 10.1 Å². The van der Waals surface area contributed by atoms with E-state index in [-0.39, 0.29) is 23.2 Å². The zero-order valence-electron chi connectivity index (χ0n) is 16.1. The minimum atomic E-state index is -0.461. The summed E-state index contributed by atoms with van der Waals surface area (Å²) in [5.41, 5.74) is 0.161. The van der Waals surface area contributed by atoms with Gasteiger partial charge in [-0.1, -0.05) is 30.0 Å². The van der Waals surface area contributed by atoms with Gasteiger partial charge >= 0.3 is 0 Å². The molecule has 1 heterocycles. The molecule has 0 aliphatic carbocycles. The molecule has 2 aromatic carbocycles. The fraction of sp³-hybridized carbons (Fsp3) is 0.190. The van der Waals surface area contributed by atoms with Gasteiger partial charge in [-0.2, -0.15) is 0 Å². The number of benzene rings is 2. The molecule has 150 valence electrons. The van der Waals surface area contributed by atoms with Crippen molar-refractivity contribution in [1.82, 2.24) is 5.32 Å². The van der Waals surface area contributed by atoms with E-state index in [0.717, 1.165) is 15.6 Å². The van der Waals surface area contributed by atoms with Crippen molar-refractivity contribution in [3.8, 4) is 0 Å². The Balaban J connectivity index is 1.75. The first-order valence-electron chi connectivity index (χ1n) is 9.08. The van der Waals surface area contributed by atoms with Gasteiger partial charge in [-0.25, -0.2) is 0 Å². The minimum Gasteiger partial charge on any atom is -0.463 e. The van der Waals surface area contributed by atoms with Crippen LogP contribution in [0.5, 0.6) is 0 Å². The Morgan fingerprint density at radius 1 is 1.17 bits per heavy atom. The molecule has 2 N–H and O–H groups in total. The number of nitro benzene ring substituents is 1. The van der Waals surface area contributed by atoms with Crippen LogP contribution in [0.15, 0.2) is 81.1 Å². The van der Waals surface area contributed by atoms with Crippen molar-refractivity contribution in [2.45, 2.75) is 15.8 Å². The Labute approximate surface area is 172 Å². The van der Waals surface area contributed by atoms with Gasteiger partial charge in [0, 0.05) is 16.5 Å². The van der Waals surface area contributed by atoms with Crippen molar-refractivity contribution < 1.29 is 19.0 Å². The predicted molar refractivity (Wildman–Crippen MR) is 110 cm³/mol. The van der Waals surface area contributed by atoms with E-state index in [1.165, 1.54) is 17.8 Å². The van der Waals surface area contributed by atoms with Crippen LogP contribution in [-0.4, -0.2) is 31.5 Å². The summed E-state index contributed by atoms with van der Waals surface area (Å²) in [5.74, 6) is 0.410. The summed E-state index contributed by atoms with van der Waals surface area (Å²) in [6.07, 6.45) is 1.60. The highest BCUT2D eigenvalue weighted by Gasteiger charge is 2.23. The predicted octanol–water partition coefficient (Wildman–Crippen LogP) is 2.95. The van der Waals surface area contributed by atoms with Gasteiger partial charge in [0.25, 0.3) is 11.6 Å². The molecule has 0 spiro atoms. The monoisotopic (exact) mass is 412 g/mol. The number of nitrogens with one attached hydrogen (secondary N) is 2. The molecule has 3 rings (SSSR count). The maximum Gasteiger partial charge on any atom is 0.284 e. The molecule has 29 heavy (non-hydrogen) atoms. The average Bonchev–Trinajstić information content (AvgIpc) is 3.23. The lowest BCUT2D eigenvalue weighted by molar-refractivity contribution is -0.891. The van der Waals surface area contributed by atoms with Gasteiger partial charge in [0.1, 0.15) is 0 Å². The number of carbonyl (C=O) groups is 1. The maximum atomic E-state index is 12.6. The molecule has 0 aliphatic heterocycles. The van der Waals surface area contributed by atoms with E-state index in [4.69, 9.17) is 4.42 Å². The van der Waals surface area contributed by atoms with Crippen molar-refractivity contribution in [3.05, 3.63) is 88.4 Å². The largest absolute Gasteiger partial charge is 0.463 e. The van der Waals surface area contributed by atoms with Crippen LogP contribution >= 0.6 is 11.8 Å². The van der Waals surface area contributed by atoms with Crippen LogP contribution in [-0.2, 0) is 0 Å². The molecule has 1 amide bonds. The lowest BCUT2D eigenvalue weighted by Gasteiger charge is -2.19. The number of nitrogens with zero attached hydrogens (tertiary/aromatic N) is 1. The first-order chi connectivity index (χ1) is 14.0. The number of furan rings is 1. The van der Waals surface area contributed by atoms with Crippen molar-refractivity contribution in [2.24, 2.45) is 0 Å². The number of likely N-dealkylation sites (N-methyl/N-ethyl adjacent to an activating group) is 1. The Bertz CT molecular complexity index is 975. The summed E-state index contributed by atoms with van der Waals surface area (Å²) in [6, 6.07) is 17.6. The van der Waals surface area contributed by atoms with Gasteiger partial charge < -0.3 is 14.6 Å². The van der Waals surface area contributed by atoms with Crippen molar-refractivity contribution in [1.29, 1.82) is 0 Å². The summed E-state index contributed by atoms with van der Waals surface area (Å²) in [4.78, 5) is 26.2. The van der Waals surface area contributed by atoms with Crippen molar-refractivity contribution in [2.75, 3.05) is 20.6 Å². The van der Waals surface area contributed by atoms with E-state index in [1.807, 2.05) is 50.5 Å². The molecule has 8 heteroatoms. The summed E-state index contributed by atoms with van der Waals surface area (Å²) in [7, 11) is 3.94. The molecule has 0 unspecified atom stereocenters. The molecule has 0 saturated heterocycles. The Morgan fingerprint density at radius 2 is 1.93 bits per heavy atom. The Morgan fingerprint density at radius 3 is 2.55 bits per heavy atom. The highest BCUT2D eigenvalue weighted by molar-refractivity contribution is 7.99. The fourth-order valence-electron chi connectivity index (χ4n) is 2.88. The molecule has 0 aliphatic rings. The van der Waals surface area contributed by atoms with Gasteiger partial charge in [0.05, 0.1) is 36.7 Å². The van der Waals surface area contributed by atoms with Crippen LogP contribution in [0.2, 0.25) is 0 Å². The summed E-state index contributed by atoms with van der Waals surface area (Å²) >= 11 is 1.29. The zero-order valence-corrected chi connectivity index (χ0v) is 16.9. The lowest BCUT2D eigenvalue weighted by atomic mass is 10.1. The van der Waals surface area contributed by atoms with E-state index in [1.54, 1.807) is 24.5 Å². The van der Waals surface area contributed by atoms with Crippen LogP contribution in [0.3, 0.4) is 0 Å². The fourth-order valence-corrected chi connectivity index (χ4v) is 3.80. The summed E-state index contributed by atoms with van der Waals surface area (Å²) in [5, 5.41) is 14.4. The van der Waals surface area contributed by atoms with E-state index in [0.29, 0.717) is 11.4 Å². The van der Waals surface area contributed by atoms with Crippen LogP contribution in [0.1, 0.15) is 22.2 Å². The van der Waals surface area contributed by atoms with Crippen LogP contribution < -0.4 is 10.2 Å². The Hall–Kier alpha value is -3.10. The first kappa shape index (κ1) is 20.6. The van der Waals surface area contributed by atoms with Gasteiger partial charge in [-0.15, -0.1) is 0 Å². The maximum absolute atomic E-state index is 12.6. The third-order valence-corrected chi connectivity index (χ3v) is 5.51. The molecular weight excluding hydrogens is 390 g/mol. The third-order valence-electron chi connectivity index (χ3n) is 4.44. The third kappa shape index (κ3) is 5.24. The number of rotatable bonds is 8. The van der Waals surface area contributed by atoms with Crippen molar-refractivity contribution in [3.63, 3.8) is 0 Å². The number of carbonyl (C=O) groups excluding carboxylic acids is 1. The topological polar surface area (TPSA) is 89.8 Å². The van der Waals surface area contributed by atoms with Gasteiger partial charge in [-0.3, -0.25) is 14.9 Å². The number of hydrogen-bond donors (Lipinski definition) is 2. The smallest absolute Gasteiger partial charge is 0.284 e. The van der Waals surface area contributed by atoms with E-state index < -0.39 is 4.92 Å². The average molecular weight is 412 g/mol. The Kier molecular flexibility index (Phi) is 6.69. The highest BCUT2D eigenvalue weighted by atomic mass is 32.2. The number of nitro groups is 1. The van der Waals surface area contributed by atoms with Gasteiger partial charge in [0.2, 0.25) is 0 Å². The van der Waals surface area contributed by atoms with E-state index >= 15 is 0 Å². The normalized spacial score (nSPS) is 12.0. The van der Waals surface area contributed by atoms with Crippen LogP contribution in [0.4, 0.5) is 5.69 Å². The highest BCUT2D eigenvalue weighted by Crippen LogP contribution is 2.35. The summed E-state index contributed by atoms with van der Waals surface area (Å²) < 4.78 is 5.45. The molecule has 0 fully saturated rings. The minimum absolute atomic E-state index is 0.0585. The van der Waals surface area contributed by atoms with Gasteiger partial charge in [0.15, 0.2) is 11.8 Å². The molecule has 1 atom stereocenters. The second-order valence-corrected chi connectivity index (χ2v) is 7.83. The summed E-state index contributed by atoms with van der Waals surface area (Å²) in [6.45, 7) is 0.350. The molecule has 0 radical (unpaired) electrons. The van der Waals surface area contributed by atoms with Gasteiger partial charge in [-0.05, 0) is 36.4 Å². The molecule has 0 saturated carbocycles. The van der Waals surface area contributed by atoms with E-state index in [9.17, 15) is 14.9 Å². The molecule has 1 aromatic heterocycles. The molecule has 7 nitrogen and oxygen atoms in total. The van der Waals surface area contributed by atoms with Crippen molar-refractivity contribution >= 4 is 23.4 Å². The van der Waals surface area contributed by atoms with Crippen LogP contribution in [0.25, 0.3) is 0 Å². The molecular formula is C21H22N3O4S+. The number of quaternary nitrogens is 1.